The van der Waals surface area contributed by atoms with Gasteiger partial charge in [-0.25, -0.2) is 9.69 Å². The Labute approximate surface area is 188 Å². The van der Waals surface area contributed by atoms with Crippen molar-refractivity contribution in [1.29, 1.82) is 0 Å². The van der Waals surface area contributed by atoms with Crippen LogP contribution in [0.1, 0.15) is 16.7 Å². The van der Waals surface area contributed by atoms with Crippen molar-refractivity contribution in [3.63, 3.8) is 0 Å². The molecule has 0 bridgehead atoms. The van der Waals surface area contributed by atoms with Crippen molar-refractivity contribution in [3.8, 4) is 5.75 Å². The van der Waals surface area contributed by atoms with E-state index in [1.54, 1.807) is 30.3 Å². The second-order valence-electron chi connectivity index (χ2n) is 6.93. The molecule has 6 heteroatoms. The minimum absolute atomic E-state index is 0.243. The zero-order valence-corrected chi connectivity index (χ0v) is 18.4. The van der Waals surface area contributed by atoms with E-state index in [2.05, 4.69) is 47.0 Å². The van der Waals surface area contributed by atoms with Crippen molar-refractivity contribution in [1.82, 2.24) is 5.32 Å². The number of aryl methyl sites for hydroxylation is 1. The summed E-state index contributed by atoms with van der Waals surface area (Å²) in [4.78, 5) is 26.1. The molecule has 1 aliphatic rings. The van der Waals surface area contributed by atoms with Crippen LogP contribution < -0.4 is 15.0 Å². The smallest absolute Gasteiger partial charge is 0.333 e. The molecule has 1 saturated heterocycles. The van der Waals surface area contributed by atoms with Gasteiger partial charge in [0.25, 0.3) is 5.91 Å². The van der Waals surface area contributed by atoms with Crippen LogP contribution in [0.3, 0.4) is 0 Å². The highest BCUT2D eigenvalue weighted by Gasteiger charge is 2.34. The number of ether oxygens (including phenoxy) is 1. The zero-order chi connectivity index (χ0) is 21.1. The van der Waals surface area contributed by atoms with Gasteiger partial charge in [0.2, 0.25) is 0 Å². The number of urea groups is 1. The van der Waals surface area contributed by atoms with Gasteiger partial charge in [0.1, 0.15) is 18.1 Å². The first kappa shape index (κ1) is 20.2. The Hall–Kier alpha value is -3.13. The molecule has 0 aromatic heterocycles. The molecule has 3 amide bonds. The molecule has 0 spiro atoms. The molecule has 4 rings (SSSR count). The number of hydrogen-bond acceptors (Lipinski definition) is 3. The number of carbonyl (C=O) groups is 2. The standard InChI is InChI=1S/C24H19IN2O3/c1-16-7-9-17(10-8-16)15-30-22-12-11-18(13-20(22)25)14-21-23(28)27(24(29)26-21)19-5-3-2-4-6-19/h2-14H,15H2,1H3,(H,26,29)/b21-14+. The van der Waals surface area contributed by atoms with Gasteiger partial charge in [-0.15, -0.1) is 0 Å². The van der Waals surface area contributed by atoms with E-state index < -0.39 is 6.03 Å². The summed E-state index contributed by atoms with van der Waals surface area (Å²) in [5.41, 5.74) is 3.90. The Balaban J connectivity index is 1.49. The third-order valence-electron chi connectivity index (χ3n) is 4.67. The summed E-state index contributed by atoms with van der Waals surface area (Å²) in [5.74, 6) is 0.395. The summed E-state index contributed by atoms with van der Waals surface area (Å²) in [6.45, 7) is 2.54. The third-order valence-corrected chi connectivity index (χ3v) is 5.52. The molecule has 0 atom stereocenters. The number of benzene rings is 3. The summed E-state index contributed by atoms with van der Waals surface area (Å²) in [6.07, 6.45) is 1.68. The second-order valence-corrected chi connectivity index (χ2v) is 8.09. The van der Waals surface area contributed by atoms with Gasteiger partial charge in [-0.05, 0) is 71.0 Å². The first-order valence-electron chi connectivity index (χ1n) is 9.41. The van der Waals surface area contributed by atoms with Gasteiger partial charge in [-0.2, -0.15) is 0 Å². The highest BCUT2D eigenvalue weighted by atomic mass is 127. The number of carbonyl (C=O) groups excluding carboxylic acids is 2. The molecule has 1 aliphatic heterocycles. The van der Waals surface area contributed by atoms with Crippen LogP contribution in [0.4, 0.5) is 10.5 Å². The summed E-state index contributed by atoms with van der Waals surface area (Å²) in [5, 5.41) is 2.65. The van der Waals surface area contributed by atoms with Gasteiger partial charge in [0, 0.05) is 0 Å². The van der Waals surface area contributed by atoms with Gasteiger partial charge < -0.3 is 10.1 Å². The van der Waals surface area contributed by atoms with Crippen molar-refractivity contribution in [2.24, 2.45) is 0 Å². The second kappa shape index (κ2) is 8.71. The molecule has 0 unspecified atom stereocenters. The van der Waals surface area contributed by atoms with E-state index in [1.807, 2.05) is 36.4 Å². The maximum Gasteiger partial charge on any atom is 0.333 e. The summed E-state index contributed by atoms with van der Waals surface area (Å²) < 4.78 is 6.85. The largest absolute Gasteiger partial charge is 0.488 e. The molecule has 3 aromatic carbocycles. The topological polar surface area (TPSA) is 58.6 Å². The molecule has 0 saturated carbocycles. The maximum absolute atomic E-state index is 12.7. The fourth-order valence-electron chi connectivity index (χ4n) is 3.08. The maximum atomic E-state index is 12.7. The lowest BCUT2D eigenvalue weighted by Gasteiger charge is -2.11. The highest BCUT2D eigenvalue weighted by Crippen LogP contribution is 2.26. The summed E-state index contributed by atoms with van der Waals surface area (Å²) in [7, 11) is 0. The molecule has 3 aromatic rings. The Bertz CT molecular complexity index is 1120. The first-order chi connectivity index (χ1) is 14.5. The van der Waals surface area contributed by atoms with Crippen LogP contribution in [0.5, 0.6) is 5.75 Å². The van der Waals surface area contributed by atoms with Crippen LogP contribution in [0.15, 0.2) is 78.5 Å². The quantitative estimate of drug-likeness (QED) is 0.289. The average molecular weight is 510 g/mol. The Morgan fingerprint density at radius 2 is 1.73 bits per heavy atom. The third kappa shape index (κ3) is 4.38. The number of hydrogen-bond donors (Lipinski definition) is 1. The van der Waals surface area contributed by atoms with E-state index in [4.69, 9.17) is 4.74 Å². The average Bonchev–Trinajstić information content (AvgIpc) is 3.02. The molecule has 1 fully saturated rings. The molecule has 0 radical (unpaired) electrons. The van der Waals surface area contributed by atoms with Gasteiger partial charge in [0.15, 0.2) is 0 Å². The molecule has 5 nitrogen and oxygen atoms in total. The van der Waals surface area contributed by atoms with E-state index in [9.17, 15) is 9.59 Å². The van der Waals surface area contributed by atoms with Crippen LogP contribution in [0.25, 0.3) is 6.08 Å². The van der Waals surface area contributed by atoms with Gasteiger partial charge >= 0.3 is 6.03 Å². The molecular weight excluding hydrogens is 491 g/mol. The van der Waals surface area contributed by atoms with Gasteiger partial charge in [0.05, 0.1) is 9.26 Å². The molecule has 1 heterocycles. The van der Waals surface area contributed by atoms with Crippen molar-refractivity contribution in [3.05, 3.63) is 98.8 Å². The lowest BCUT2D eigenvalue weighted by Crippen LogP contribution is -2.30. The number of para-hydroxylation sites is 1. The number of amides is 3. The Kier molecular flexibility index (Phi) is 5.85. The van der Waals surface area contributed by atoms with E-state index >= 15 is 0 Å². The fourth-order valence-corrected chi connectivity index (χ4v) is 3.78. The lowest BCUT2D eigenvalue weighted by atomic mass is 10.1. The number of nitrogens with one attached hydrogen (secondary N) is 1. The lowest BCUT2D eigenvalue weighted by molar-refractivity contribution is -0.113. The Morgan fingerprint density at radius 3 is 2.43 bits per heavy atom. The van der Waals surface area contributed by atoms with E-state index in [0.717, 1.165) is 25.3 Å². The summed E-state index contributed by atoms with van der Waals surface area (Å²) in [6, 6.07) is 22.3. The Morgan fingerprint density at radius 1 is 1.00 bits per heavy atom. The van der Waals surface area contributed by atoms with Crippen LogP contribution in [0, 0.1) is 10.5 Å². The number of nitrogens with zero attached hydrogens (tertiary/aromatic N) is 1. The number of rotatable bonds is 5. The summed E-state index contributed by atoms with van der Waals surface area (Å²) >= 11 is 2.21. The van der Waals surface area contributed by atoms with Crippen LogP contribution in [-0.2, 0) is 11.4 Å². The molecular formula is C24H19IN2O3. The minimum Gasteiger partial charge on any atom is -0.488 e. The minimum atomic E-state index is -0.454. The number of anilines is 1. The van der Waals surface area contributed by atoms with Crippen LogP contribution >= 0.6 is 22.6 Å². The number of halogens is 1. The predicted molar refractivity (Wildman–Crippen MR) is 125 cm³/mol. The van der Waals surface area contributed by atoms with E-state index in [0.29, 0.717) is 12.3 Å². The van der Waals surface area contributed by atoms with Gasteiger partial charge in [-0.3, -0.25) is 4.79 Å². The number of imide groups is 1. The predicted octanol–water partition coefficient (Wildman–Crippen LogP) is 5.28. The van der Waals surface area contributed by atoms with Crippen molar-refractivity contribution in [2.45, 2.75) is 13.5 Å². The van der Waals surface area contributed by atoms with Crippen molar-refractivity contribution < 1.29 is 14.3 Å². The van der Waals surface area contributed by atoms with Crippen LogP contribution in [-0.4, -0.2) is 11.9 Å². The SMILES string of the molecule is Cc1ccc(COc2ccc(/C=C3/NC(=O)N(c4ccccc4)C3=O)cc2I)cc1. The van der Waals surface area contributed by atoms with Gasteiger partial charge in [-0.1, -0.05) is 54.1 Å². The zero-order valence-electron chi connectivity index (χ0n) is 16.3. The molecule has 1 N–H and O–H groups in total. The van der Waals surface area contributed by atoms with E-state index in [-0.39, 0.29) is 11.6 Å². The fraction of sp³-hybridized carbons (Fsp3) is 0.0833. The molecule has 30 heavy (non-hydrogen) atoms. The highest BCUT2D eigenvalue weighted by molar-refractivity contribution is 14.1. The first-order valence-corrected chi connectivity index (χ1v) is 10.5. The molecule has 0 aliphatic carbocycles. The van der Waals surface area contributed by atoms with Crippen molar-refractivity contribution in [2.75, 3.05) is 4.90 Å². The molecule has 150 valence electrons. The normalized spacial score (nSPS) is 14.9. The van der Waals surface area contributed by atoms with Crippen molar-refractivity contribution >= 4 is 46.3 Å². The monoisotopic (exact) mass is 510 g/mol. The van der Waals surface area contributed by atoms with Crippen LogP contribution in [0.2, 0.25) is 0 Å². The van der Waals surface area contributed by atoms with E-state index in [1.165, 1.54) is 5.56 Å².